The van der Waals surface area contributed by atoms with Crippen LogP contribution in [0.15, 0.2) is 71.3 Å². The number of fused-ring (bicyclic) bond motifs is 1. The van der Waals surface area contributed by atoms with Gasteiger partial charge < -0.3 is 0 Å². The average Bonchev–Trinajstić information content (AvgIpc) is 3.11. The van der Waals surface area contributed by atoms with E-state index < -0.39 is 0 Å². The number of anilines is 1. The number of hydrogen-bond acceptors (Lipinski definition) is 5. The van der Waals surface area contributed by atoms with E-state index in [2.05, 4.69) is 20.5 Å². The number of hydrazone groups is 1. The van der Waals surface area contributed by atoms with Crippen LogP contribution in [-0.4, -0.2) is 16.2 Å². The Labute approximate surface area is 153 Å². The zero-order valence-electron chi connectivity index (χ0n) is 13.1. The third-order valence-electron chi connectivity index (χ3n) is 3.64. The van der Waals surface area contributed by atoms with Crippen molar-refractivity contribution in [1.29, 1.82) is 0 Å². The Morgan fingerprint density at radius 2 is 1.96 bits per heavy atom. The van der Waals surface area contributed by atoms with Crippen LogP contribution in [0.5, 0.6) is 0 Å². The van der Waals surface area contributed by atoms with Gasteiger partial charge in [-0.15, -0.1) is 11.3 Å². The Balaban J connectivity index is 1.55. The van der Waals surface area contributed by atoms with Gasteiger partial charge in [-0.05, 0) is 18.2 Å². The molecule has 0 radical (unpaired) electrons. The highest BCUT2D eigenvalue weighted by atomic mass is 35.5. The fourth-order valence-corrected chi connectivity index (χ4v) is 3.41. The topological polar surface area (TPSA) is 50.2 Å². The van der Waals surface area contributed by atoms with Gasteiger partial charge in [0.25, 0.3) is 0 Å². The maximum absolute atomic E-state index is 6.17. The highest BCUT2D eigenvalue weighted by Crippen LogP contribution is 2.25. The highest BCUT2D eigenvalue weighted by Gasteiger charge is 2.04. The number of halogens is 1. The van der Waals surface area contributed by atoms with E-state index in [0.29, 0.717) is 5.02 Å². The molecule has 2 aromatic heterocycles. The number of aromatic nitrogens is 2. The summed E-state index contributed by atoms with van der Waals surface area (Å²) in [6, 6.07) is 17.7. The fraction of sp³-hybridized carbons (Fsp3) is 0. The molecule has 4 nitrogen and oxygen atoms in total. The van der Waals surface area contributed by atoms with Gasteiger partial charge in [-0.25, -0.2) is 4.98 Å². The molecule has 0 atom stereocenters. The van der Waals surface area contributed by atoms with E-state index in [4.69, 9.17) is 11.6 Å². The molecule has 4 aromatic rings. The summed E-state index contributed by atoms with van der Waals surface area (Å²) in [5, 5.41) is 8.66. The first-order valence-electron chi connectivity index (χ1n) is 7.64. The van der Waals surface area contributed by atoms with Gasteiger partial charge in [0, 0.05) is 33.1 Å². The lowest BCUT2D eigenvalue weighted by Gasteiger charge is -2.02. The van der Waals surface area contributed by atoms with Crippen molar-refractivity contribution in [2.24, 2.45) is 5.10 Å². The van der Waals surface area contributed by atoms with Crippen molar-refractivity contribution >= 4 is 45.2 Å². The van der Waals surface area contributed by atoms with Crippen LogP contribution in [-0.2, 0) is 0 Å². The van der Waals surface area contributed by atoms with Gasteiger partial charge in [0.1, 0.15) is 0 Å². The summed E-state index contributed by atoms with van der Waals surface area (Å²) in [5.41, 5.74) is 6.71. The average molecular weight is 365 g/mol. The van der Waals surface area contributed by atoms with Crippen LogP contribution >= 0.6 is 22.9 Å². The Morgan fingerprint density at radius 1 is 1.08 bits per heavy atom. The van der Waals surface area contributed by atoms with Gasteiger partial charge in [-0.1, -0.05) is 48.0 Å². The van der Waals surface area contributed by atoms with Crippen molar-refractivity contribution in [2.45, 2.75) is 0 Å². The molecule has 2 aromatic carbocycles. The molecule has 1 N–H and O–H groups in total. The first-order chi connectivity index (χ1) is 12.3. The van der Waals surface area contributed by atoms with Crippen LogP contribution < -0.4 is 5.43 Å². The second-order valence-electron chi connectivity index (χ2n) is 5.34. The lowest BCUT2D eigenvalue weighted by atomic mass is 10.1. The van der Waals surface area contributed by atoms with Crippen LogP contribution in [0.2, 0.25) is 5.02 Å². The summed E-state index contributed by atoms with van der Waals surface area (Å²) in [5.74, 6) is 0. The van der Waals surface area contributed by atoms with Crippen LogP contribution in [0.1, 0.15) is 5.56 Å². The molecule has 4 rings (SSSR count). The van der Waals surface area contributed by atoms with Gasteiger partial charge in [0.05, 0.1) is 17.4 Å². The normalized spacial score (nSPS) is 11.2. The van der Waals surface area contributed by atoms with E-state index in [9.17, 15) is 0 Å². The van der Waals surface area contributed by atoms with E-state index in [1.54, 1.807) is 12.4 Å². The predicted octanol–water partition coefficient (Wildman–Crippen LogP) is 5.46. The second kappa shape index (κ2) is 7.01. The Kier molecular flexibility index (Phi) is 4.41. The molecule has 0 saturated carbocycles. The third kappa shape index (κ3) is 3.52. The summed E-state index contributed by atoms with van der Waals surface area (Å²) in [4.78, 5) is 8.94. The molecule has 122 valence electrons. The molecule has 2 heterocycles. The first kappa shape index (κ1) is 15.7. The first-order valence-corrected chi connectivity index (χ1v) is 8.90. The highest BCUT2D eigenvalue weighted by molar-refractivity contribution is 7.14. The van der Waals surface area contributed by atoms with Crippen molar-refractivity contribution in [2.75, 3.05) is 5.43 Å². The monoisotopic (exact) mass is 364 g/mol. The van der Waals surface area contributed by atoms with Crippen LogP contribution in [0.4, 0.5) is 5.13 Å². The molecule has 0 unspecified atom stereocenters. The summed E-state index contributed by atoms with van der Waals surface area (Å²) in [6.45, 7) is 0. The lowest BCUT2D eigenvalue weighted by molar-refractivity contribution is 1.29. The quantitative estimate of drug-likeness (QED) is 0.386. The molecular weight excluding hydrogens is 352 g/mol. The van der Waals surface area contributed by atoms with Crippen LogP contribution in [0.25, 0.3) is 22.2 Å². The van der Waals surface area contributed by atoms with Gasteiger partial charge in [0.15, 0.2) is 0 Å². The summed E-state index contributed by atoms with van der Waals surface area (Å²) in [6.07, 6.45) is 3.47. The molecule has 25 heavy (non-hydrogen) atoms. The van der Waals surface area contributed by atoms with Crippen molar-refractivity contribution in [1.82, 2.24) is 9.97 Å². The standard InChI is InChI=1S/C19H13ClN4S/c20-16-9-14-7-4-8-21-18(14)15(10-16)11-22-24-19-23-17(12-25-19)13-5-2-1-3-6-13/h1-12H,(H,23,24). The van der Waals surface area contributed by atoms with Crippen molar-refractivity contribution in [3.05, 3.63) is 76.8 Å². The van der Waals surface area contributed by atoms with E-state index in [1.165, 1.54) is 11.3 Å². The second-order valence-corrected chi connectivity index (χ2v) is 6.64. The van der Waals surface area contributed by atoms with Gasteiger partial charge in [0.2, 0.25) is 5.13 Å². The van der Waals surface area contributed by atoms with Crippen molar-refractivity contribution in [3.63, 3.8) is 0 Å². The smallest absolute Gasteiger partial charge is 0.203 e. The summed E-state index contributed by atoms with van der Waals surface area (Å²) < 4.78 is 0. The molecule has 0 fully saturated rings. The number of thiazole rings is 1. The summed E-state index contributed by atoms with van der Waals surface area (Å²) >= 11 is 7.68. The summed E-state index contributed by atoms with van der Waals surface area (Å²) in [7, 11) is 0. The number of nitrogens with one attached hydrogen (secondary N) is 1. The molecule has 6 heteroatoms. The number of rotatable bonds is 4. The number of hydrogen-bond donors (Lipinski definition) is 1. The van der Waals surface area contributed by atoms with Gasteiger partial charge >= 0.3 is 0 Å². The maximum atomic E-state index is 6.17. The molecule has 0 aliphatic rings. The maximum Gasteiger partial charge on any atom is 0.203 e. The third-order valence-corrected chi connectivity index (χ3v) is 4.60. The fourth-order valence-electron chi connectivity index (χ4n) is 2.50. The van der Waals surface area contributed by atoms with Crippen LogP contribution in [0.3, 0.4) is 0 Å². The van der Waals surface area contributed by atoms with Gasteiger partial charge in [-0.3, -0.25) is 10.4 Å². The zero-order valence-corrected chi connectivity index (χ0v) is 14.6. The largest absolute Gasteiger partial charge is 0.256 e. The SMILES string of the molecule is Clc1cc(C=NNc2nc(-c3ccccc3)cs2)c2ncccc2c1. The molecule has 0 spiro atoms. The van der Waals surface area contributed by atoms with E-state index in [-0.39, 0.29) is 0 Å². The zero-order chi connectivity index (χ0) is 17.1. The Bertz CT molecular complexity index is 1040. The minimum absolute atomic E-state index is 0.655. The molecule has 0 bridgehead atoms. The number of pyridine rings is 1. The number of nitrogens with zero attached hydrogens (tertiary/aromatic N) is 3. The molecule has 0 saturated heterocycles. The Hall–Kier alpha value is -2.76. The van der Waals surface area contributed by atoms with E-state index in [0.717, 1.165) is 32.9 Å². The van der Waals surface area contributed by atoms with E-state index in [1.807, 2.05) is 60.0 Å². The van der Waals surface area contributed by atoms with Gasteiger partial charge in [-0.2, -0.15) is 5.10 Å². The molecular formula is C19H13ClN4S. The molecule has 0 amide bonds. The van der Waals surface area contributed by atoms with E-state index >= 15 is 0 Å². The Morgan fingerprint density at radius 3 is 2.84 bits per heavy atom. The van der Waals surface area contributed by atoms with Crippen molar-refractivity contribution < 1.29 is 0 Å². The van der Waals surface area contributed by atoms with Crippen molar-refractivity contribution in [3.8, 4) is 11.3 Å². The molecule has 0 aliphatic heterocycles. The minimum Gasteiger partial charge on any atom is -0.256 e. The number of benzene rings is 2. The molecule has 0 aliphatic carbocycles. The predicted molar refractivity (Wildman–Crippen MR) is 106 cm³/mol. The van der Waals surface area contributed by atoms with Crippen LogP contribution in [0, 0.1) is 0 Å². The lowest BCUT2D eigenvalue weighted by Crippen LogP contribution is -1.92. The minimum atomic E-state index is 0.655.